The molecule has 118 valence electrons. The van der Waals surface area contributed by atoms with Crippen molar-refractivity contribution in [2.75, 3.05) is 24.5 Å². The number of amides is 2. The summed E-state index contributed by atoms with van der Waals surface area (Å²) in [4.78, 5) is 24.7. The molecule has 0 aliphatic carbocycles. The summed E-state index contributed by atoms with van der Waals surface area (Å²) in [7, 11) is 0. The van der Waals surface area contributed by atoms with Crippen LogP contribution in [0.25, 0.3) is 0 Å². The SMILES string of the molecule is C=CC(=O)NCCC(=O)NC1CCN(c2ccccc2F)C1. The Morgan fingerprint density at radius 3 is 2.91 bits per heavy atom. The zero-order chi connectivity index (χ0) is 15.9. The molecule has 2 rings (SSSR count). The third kappa shape index (κ3) is 4.31. The molecule has 1 aliphatic rings. The highest BCUT2D eigenvalue weighted by molar-refractivity contribution is 5.87. The van der Waals surface area contributed by atoms with Gasteiger partial charge in [-0.1, -0.05) is 18.7 Å². The van der Waals surface area contributed by atoms with Gasteiger partial charge in [0.15, 0.2) is 0 Å². The summed E-state index contributed by atoms with van der Waals surface area (Å²) in [5.41, 5.74) is 0.567. The fourth-order valence-corrected chi connectivity index (χ4v) is 2.48. The number of halogens is 1. The smallest absolute Gasteiger partial charge is 0.243 e. The summed E-state index contributed by atoms with van der Waals surface area (Å²) in [5.74, 6) is -0.661. The van der Waals surface area contributed by atoms with E-state index < -0.39 is 0 Å². The lowest BCUT2D eigenvalue weighted by Gasteiger charge is -2.19. The predicted octanol–water partition coefficient (Wildman–Crippen LogP) is 1.21. The van der Waals surface area contributed by atoms with Gasteiger partial charge in [0.05, 0.1) is 5.69 Å². The molecule has 6 heteroatoms. The first kappa shape index (κ1) is 16.0. The Morgan fingerprint density at radius 2 is 2.18 bits per heavy atom. The van der Waals surface area contributed by atoms with Gasteiger partial charge in [0, 0.05) is 32.1 Å². The Hall–Kier alpha value is -2.37. The van der Waals surface area contributed by atoms with Crippen LogP contribution in [0.1, 0.15) is 12.8 Å². The maximum absolute atomic E-state index is 13.7. The lowest BCUT2D eigenvalue weighted by Crippen LogP contribution is -2.38. The second-order valence-corrected chi connectivity index (χ2v) is 5.20. The topological polar surface area (TPSA) is 61.4 Å². The van der Waals surface area contributed by atoms with Crippen LogP contribution in [-0.2, 0) is 9.59 Å². The van der Waals surface area contributed by atoms with E-state index >= 15 is 0 Å². The molecule has 1 unspecified atom stereocenters. The van der Waals surface area contributed by atoms with Gasteiger partial charge in [0.25, 0.3) is 0 Å². The first-order valence-corrected chi connectivity index (χ1v) is 7.29. The number of benzene rings is 1. The number of anilines is 1. The Bertz CT molecular complexity index is 562. The van der Waals surface area contributed by atoms with Crippen molar-refractivity contribution in [2.45, 2.75) is 18.9 Å². The Kier molecular flexibility index (Phi) is 5.52. The molecule has 1 fully saturated rings. The van der Waals surface area contributed by atoms with Crippen LogP contribution in [0.15, 0.2) is 36.9 Å². The fraction of sp³-hybridized carbons (Fsp3) is 0.375. The molecule has 2 N–H and O–H groups in total. The van der Waals surface area contributed by atoms with Gasteiger partial charge in [0.1, 0.15) is 5.82 Å². The Balaban J connectivity index is 1.76. The summed E-state index contributed by atoms with van der Waals surface area (Å²) >= 11 is 0. The molecule has 2 amide bonds. The molecule has 1 atom stereocenters. The zero-order valence-electron chi connectivity index (χ0n) is 12.3. The molecule has 22 heavy (non-hydrogen) atoms. The molecule has 0 spiro atoms. The summed E-state index contributed by atoms with van der Waals surface area (Å²) in [6.07, 6.45) is 2.16. The van der Waals surface area contributed by atoms with E-state index in [-0.39, 0.29) is 36.6 Å². The molecule has 1 saturated heterocycles. The number of nitrogens with zero attached hydrogens (tertiary/aromatic N) is 1. The van der Waals surface area contributed by atoms with E-state index in [9.17, 15) is 14.0 Å². The van der Waals surface area contributed by atoms with Crippen LogP contribution in [0.4, 0.5) is 10.1 Å². The molecule has 0 saturated carbocycles. The largest absolute Gasteiger partial charge is 0.367 e. The number of hydrogen-bond acceptors (Lipinski definition) is 3. The van der Waals surface area contributed by atoms with Gasteiger partial charge in [-0.15, -0.1) is 0 Å². The summed E-state index contributed by atoms with van der Waals surface area (Å²) in [6, 6.07) is 6.63. The van der Waals surface area contributed by atoms with Crippen LogP contribution >= 0.6 is 0 Å². The van der Waals surface area contributed by atoms with Crippen molar-refractivity contribution >= 4 is 17.5 Å². The summed E-state index contributed by atoms with van der Waals surface area (Å²) in [5, 5.41) is 5.46. The van der Waals surface area contributed by atoms with E-state index in [0.717, 1.165) is 6.42 Å². The summed E-state index contributed by atoms with van der Waals surface area (Å²) < 4.78 is 13.7. The summed E-state index contributed by atoms with van der Waals surface area (Å²) in [6.45, 7) is 4.91. The minimum absolute atomic E-state index is 0.00205. The van der Waals surface area contributed by atoms with Crippen LogP contribution in [0.2, 0.25) is 0 Å². The average molecular weight is 305 g/mol. The molecule has 5 nitrogen and oxygen atoms in total. The number of nitrogens with one attached hydrogen (secondary N) is 2. The standard InChI is InChI=1S/C16H20FN3O2/c1-2-15(21)18-9-7-16(22)19-12-8-10-20(11-12)14-6-4-3-5-13(14)17/h2-6,12H,1,7-11H2,(H,18,21)(H,19,22). The number of rotatable bonds is 6. The van der Waals surface area contributed by atoms with Gasteiger partial charge >= 0.3 is 0 Å². The second-order valence-electron chi connectivity index (χ2n) is 5.20. The first-order valence-electron chi connectivity index (χ1n) is 7.29. The molecular weight excluding hydrogens is 285 g/mol. The minimum Gasteiger partial charge on any atom is -0.367 e. The quantitative estimate of drug-likeness (QED) is 0.777. The van der Waals surface area contributed by atoms with E-state index in [0.29, 0.717) is 18.8 Å². The van der Waals surface area contributed by atoms with Crippen LogP contribution in [0.3, 0.4) is 0 Å². The van der Waals surface area contributed by atoms with E-state index in [1.54, 1.807) is 18.2 Å². The van der Waals surface area contributed by atoms with Crippen LogP contribution < -0.4 is 15.5 Å². The highest BCUT2D eigenvalue weighted by Crippen LogP contribution is 2.23. The molecule has 0 bridgehead atoms. The third-order valence-corrected chi connectivity index (χ3v) is 3.58. The second kappa shape index (κ2) is 7.59. The van der Waals surface area contributed by atoms with Gasteiger partial charge in [-0.05, 0) is 24.6 Å². The van der Waals surface area contributed by atoms with Gasteiger partial charge in [0.2, 0.25) is 11.8 Å². The Labute approximate surface area is 129 Å². The van der Waals surface area contributed by atoms with Crippen molar-refractivity contribution in [3.05, 3.63) is 42.7 Å². The Morgan fingerprint density at radius 1 is 1.41 bits per heavy atom. The van der Waals surface area contributed by atoms with Crippen molar-refractivity contribution in [3.8, 4) is 0 Å². The monoisotopic (exact) mass is 305 g/mol. The van der Waals surface area contributed by atoms with E-state index in [2.05, 4.69) is 17.2 Å². The predicted molar refractivity (Wildman–Crippen MR) is 83.0 cm³/mol. The molecule has 1 heterocycles. The van der Waals surface area contributed by atoms with Crippen molar-refractivity contribution in [2.24, 2.45) is 0 Å². The lowest BCUT2D eigenvalue weighted by atomic mass is 10.2. The number of hydrogen-bond donors (Lipinski definition) is 2. The van der Waals surface area contributed by atoms with Crippen LogP contribution in [0.5, 0.6) is 0 Å². The van der Waals surface area contributed by atoms with E-state index in [4.69, 9.17) is 0 Å². The maximum Gasteiger partial charge on any atom is 0.243 e. The van der Waals surface area contributed by atoms with Crippen molar-refractivity contribution in [1.29, 1.82) is 0 Å². The van der Waals surface area contributed by atoms with Crippen molar-refractivity contribution in [1.82, 2.24) is 10.6 Å². The minimum atomic E-state index is -0.292. The average Bonchev–Trinajstić information content (AvgIpc) is 2.95. The highest BCUT2D eigenvalue weighted by atomic mass is 19.1. The van der Waals surface area contributed by atoms with Crippen molar-refractivity contribution < 1.29 is 14.0 Å². The van der Waals surface area contributed by atoms with E-state index in [1.807, 2.05) is 4.90 Å². The van der Waals surface area contributed by atoms with Gasteiger partial charge in [-0.2, -0.15) is 0 Å². The van der Waals surface area contributed by atoms with Crippen LogP contribution in [0, 0.1) is 5.82 Å². The normalized spacial score (nSPS) is 17.1. The molecule has 0 aromatic heterocycles. The third-order valence-electron chi connectivity index (χ3n) is 3.58. The zero-order valence-corrected chi connectivity index (χ0v) is 12.3. The fourth-order valence-electron chi connectivity index (χ4n) is 2.48. The lowest BCUT2D eigenvalue weighted by molar-refractivity contribution is -0.121. The number of carbonyl (C=O) groups excluding carboxylic acids is 2. The molecule has 1 aromatic rings. The van der Waals surface area contributed by atoms with E-state index in [1.165, 1.54) is 12.1 Å². The molecular formula is C16H20FN3O2. The van der Waals surface area contributed by atoms with Gasteiger partial charge in [-0.3, -0.25) is 9.59 Å². The van der Waals surface area contributed by atoms with Gasteiger partial charge < -0.3 is 15.5 Å². The molecule has 1 aromatic carbocycles. The van der Waals surface area contributed by atoms with Crippen LogP contribution in [-0.4, -0.2) is 37.5 Å². The number of carbonyl (C=O) groups is 2. The van der Waals surface area contributed by atoms with Crippen molar-refractivity contribution in [3.63, 3.8) is 0 Å². The molecule has 0 radical (unpaired) electrons. The number of para-hydroxylation sites is 1. The van der Waals surface area contributed by atoms with Gasteiger partial charge in [-0.25, -0.2) is 4.39 Å². The first-order chi connectivity index (χ1) is 10.6. The maximum atomic E-state index is 13.7. The highest BCUT2D eigenvalue weighted by Gasteiger charge is 2.25. The molecule has 1 aliphatic heterocycles.